The van der Waals surface area contributed by atoms with Crippen molar-refractivity contribution >= 4 is 23.5 Å². The van der Waals surface area contributed by atoms with Crippen LogP contribution in [-0.4, -0.2) is 22.4 Å². The minimum Gasteiger partial charge on any atom is -0.329 e. The fourth-order valence-corrected chi connectivity index (χ4v) is 3.79. The average molecular weight is 261 g/mol. The average Bonchev–Trinajstić information content (AvgIpc) is 2.36. The predicted octanol–water partition coefficient (Wildman–Crippen LogP) is 2.83. The van der Waals surface area contributed by atoms with E-state index in [0.29, 0.717) is 5.70 Å². The lowest BCUT2D eigenvalue weighted by Crippen LogP contribution is -2.40. The third-order valence-corrected chi connectivity index (χ3v) is 5.07. The van der Waals surface area contributed by atoms with Crippen LogP contribution >= 0.6 is 23.5 Å². The van der Waals surface area contributed by atoms with Gasteiger partial charge < -0.3 is 4.90 Å². The van der Waals surface area contributed by atoms with Crippen molar-refractivity contribution < 1.29 is 0 Å². The highest BCUT2D eigenvalue weighted by Gasteiger charge is 2.35. The molecule has 0 N–H and O–H groups in total. The molecule has 2 heterocycles. The van der Waals surface area contributed by atoms with Gasteiger partial charge in [0.05, 0.1) is 16.3 Å². The standard InChI is InChI=1S/C12H11N3S2/c1-8-3-4-15-9(5-8)11(7-14)17-12(16-2)10(15)6-13/h3-5,9,11H,1-2H3. The summed E-state index contributed by atoms with van der Waals surface area (Å²) in [5.41, 5.74) is 1.79. The summed E-state index contributed by atoms with van der Waals surface area (Å²) in [7, 11) is 0. The van der Waals surface area contributed by atoms with Crippen LogP contribution in [0.15, 0.2) is 33.9 Å². The SMILES string of the molecule is CSC1=C(C#N)N2C=CC(C)=CC2C(C#N)S1. The van der Waals surface area contributed by atoms with Crippen molar-refractivity contribution in [1.82, 2.24) is 4.90 Å². The molecule has 86 valence electrons. The monoisotopic (exact) mass is 261 g/mol. The summed E-state index contributed by atoms with van der Waals surface area (Å²) in [5.74, 6) is 0. The summed E-state index contributed by atoms with van der Waals surface area (Å²) in [6.45, 7) is 2.01. The van der Waals surface area contributed by atoms with Crippen LogP contribution in [-0.2, 0) is 0 Å². The first-order chi connectivity index (χ1) is 8.21. The number of thioether (sulfide) groups is 2. The van der Waals surface area contributed by atoms with Crippen molar-refractivity contribution in [2.24, 2.45) is 0 Å². The van der Waals surface area contributed by atoms with Gasteiger partial charge in [-0.2, -0.15) is 10.5 Å². The summed E-state index contributed by atoms with van der Waals surface area (Å²) in [4.78, 5) is 1.91. The van der Waals surface area contributed by atoms with Crippen molar-refractivity contribution in [2.75, 3.05) is 6.26 Å². The van der Waals surface area contributed by atoms with Gasteiger partial charge in [-0.15, -0.1) is 11.8 Å². The maximum absolute atomic E-state index is 9.24. The van der Waals surface area contributed by atoms with E-state index in [0.717, 1.165) is 9.81 Å². The highest BCUT2D eigenvalue weighted by Crippen LogP contribution is 2.43. The molecular formula is C12H11N3S2. The molecule has 0 aromatic rings. The van der Waals surface area contributed by atoms with Crippen LogP contribution in [0.3, 0.4) is 0 Å². The number of nitriles is 2. The molecule has 0 aliphatic carbocycles. The van der Waals surface area contributed by atoms with Crippen molar-refractivity contribution in [2.45, 2.75) is 18.2 Å². The lowest BCUT2D eigenvalue weighted by Gasteiger charge is -2.37. The third-order valence-electron chi connectivity index (χ3n) is 2.67. The largest absolute Gasteiger partial charge is 0.329 e. The molecule has 0 aromatic heterocycles. The van der Waals surface area contributed by atoms with Crippen molar-refractivity contribution in [1.29, 1.82) is 10.5 Å². The van der Waals surface area contributed by atoms with E-state index in [1.165, 1.54) is 23.5 Å². The number of allylic oxidation sites excluding steroid dienone is 3. The molecular weight excluding hydrogens is 250 g/mol. The topological polar surface area (TPSA) is 50.8 Å². The summed E-state index contributed by atoms with van der Waals surface area (Å²) in [5, 5.41) is 18.3. The van der Waals surface area contributed by atoms with E-state index in [2.05, 4.69) is 18.2 Å². The van der Waals surface area contributed by atoms with Crippen molar-refractivity contribution in [3.8, 4) is 12.1 Å². The van der Waals surface area contributed by atoms with E-state index >= 15 is 0 Å². The number of hydrogen-bond donors (Lipinski definition) is 0. The lowest BCUT2D eigenvalue weighted by atomic mass is 10.0. The minimum atomic E-state index is -0.158. The van der Waals surface area contributed by atoms with Gasteiger partial charge in [-0.1, -0.05) is 23.4 Å². The quantitative estimate of drug-likeness (QED) is 0.726. The first kappa shape index (κ1) is 12.2. The number of nitrogens with zero attached hydrogens (tertiary/aromatic N) is 3. The molecule has 0 fully saturated rings. The Morgan fingerprint density at radius 1 is 1.47 bits per heavy atom. The van der Waals surface area contributed by atoms with E-state index in [1.807, 2.05) is 30.4 Å². The van der Waals surface area contributed by atoms with Gasteiger partial charge in [-0.25, -0.2) is 0 Å². The third kappa shape index (κ3) is 2.09. The Balaban J connectivity index is 2.48. The second-order valence-electron chi connectivity index (χ2n) is 3.74. The zero-order valence-corrected chi connectivity index (χ0v) is 11.2. The molecule has 3 nitrogen and oxygen atoms in total. The van der Waals surface area contributed by atoms with Crippen LogP contribution in [0.2, 0.25) is 0 Å². The van der Waals surface area contributed by atoms with Gasteiger partial charge in [0.15, 0.2) is 0 Å². The summed E-state index contributed by atoms with van der Waals surface area (Å²) < 4.78 is 0.924. The summed E-state index contributed by atoms with van der Waals surface area (Å²) >= 11 is 3.02. The summed E-state index contributed by atoms with van der Waals surface area (Å²) in [6.07, 6.45) is 7.85. The number of hydrogen-bond acceptors (Lipinski definition) is 5. The fourth-order valence-electron chi connectivity index (χ4n) is 1.86. The molecule has 0 saturated heterocycles. The van der Waals surface area contributed by atoms with Crippen molar-refractivity contribution in [3.05, 3.63) is 33.9 Å². The van der Waals surface area contributed by atoms with Gasteiger partial charge >= 0.3 is 0 Å². The Morgan fingerprint density at radius 2 is 2.24 bits per heavy atom. The molecule has 2 rings (SSSR count). The Morgan fingerprint density at radius 3 is 2.82 bits per heavy atom. The molecule has 0 radical (unpaired) electrons. The van der Waals surface area contributed by atoms with Gasteiger partial charge in [-0.05, 0) is 19.3 Å². The van der Waals surface area contributed by atoms with Gasteiger partial charge in [0.25, 0.3) is 0 Å². The molecule has 2 unspecified atom stereocenters. The Labute approximate surface area is 109 Å². The smallest absolute Gasteiger partial charge is 0.141 e. The van der Waals surface area contributed by atoms with Crippen LogP contribution < -0.4 is 0 Å². The molecule has 5 heteroatoms. The van der Waals surface area contributed by atoms with Gasteiger partial charge in [0.1, 0.15) is 17.0 Å². The molecule has 0 saturated carbocycles. The maximum Gasteiger partial charge on any atom is 0.141 e. The number of rotatable bonds is 1. The molecule has 2 aliphatic heterocycles. The van der Waals surface area contributed by atoms with Crippen LogP contribution in [0.1, 0.15) is 6.92 Å². The molecule has 2 aliphatic rings. The second-order valence-corrected chi connectivity index (χ2v) is 5.97. The van der Waals surface area contributed by atoms with Crippen LogP contribution in [0, 0.1) is 22.7 Å². The Hall–Kier alpha value is -1.30. The van der Waals surface area contributed by atoms with Crippen LogP contribution in [0.25, 0.3) is 0 Å². The molecule has 0 spiro atoms. The number of fused-ring (bicyclic) bond motifs is 1. The normalized spacial score (nSPS) is 27.1. The lowest BCUT2D eigenvalue weighted by molar-refractivity contribution is 0.405. The maximum atomic E-state index is 9.24. The highest BCUT2D eigenvalue weighted by atomic mass is 32.2. The Kier molecular flexibility index (Phi) is 3.51. The van der Waals surface area contributed by atoms with Crippen LogP contribution in [0.5, 0.6) is 0 Å². The predicted molar refractivity (Wildman–Crippen MR) is 71.7 cm³/mol. The van der Waals surface area contributed by atoms with Crippen LogP contribution in [0.4, 0.5) is 0 Å². The van der Waals surface area contributed by atoms with E-state index in [-0.39, 0.29) is 11.3 Å². The summed E-state index contributed by atoms with van der Waals surface area (Å²) in [6, 6.07) is 4.53. The van der Waals surface area contributed by atoms with Gasteiger partial charge in [-0.3, -0.25) is 0 Å². The van der Waals surface area contributed by atoms with Gasteiger partial charge in [0.2, 0.25) is 0 Å². The van der Waals surface area contributed by atoms with E-state index in [9.17, 15) is 10.5 Å². The second kappa shape index (κ2) is 4.91. The fraction of sp³-hybridized carbons (Fsp3) is 0.333. The first-order valence-corrected chi connectivity index (χ1v) is 7.21. The van der Waals surface area contributed by atoms with Gasteiger partial charge in [0, 0.05) is 6.20 Å². The van der Waals surface area contributed by atoms with Crippen molar-refractivity contribution in [3.63, 3.8) is 0 Å². The van der Waals surface area contributed by atoms with E-state index in [1.54, 1.807) is 0 Å². The Bertz CT molecular complexity index is 505. The molecule has 2 atom stereocenters. The molecule has 17 heavy (non-hydrogen) atoms. The molecule has 0 amide bonds. The van der Waals surface area contributed by atoms with E-state index in [4.69, 9.17) is 0 Å². The van der Waals surface area contributed by atoms with E-state index < -0.39 is 0 Å². The zero-order valence-electron chi connectivity index (χ0n) is 9.54. The minimum absolute atomic E-state index is 0.0273. The molecule has 0 bridgehead atoms. The zero-order chi connectivity index (χ0) is 12.4. The first-order valence-electron chi connectivity index (χ1n) is 5.11. The highest BCUT2D eigenvalue weighted by molar-refractivity contribution is 8.22. The molecule has 0 aromatic carbocycles.